The van der Waals surface area contributed by atoms with Crippen LogP contribution in [-0.4, -0.2) is 62.5 Å². The smallest absolute Gasteiger partial charge is 0.235 e. The second kappa shape index (κ2) is 9.56. The lowest BCUT2D eigenvalue weighted by Crippen LogP contribution is -2.37. The minimum absolute atomic E-state index is 0.0473. The van der Waals surface area contributed by atoms with Crippen LogP contribution in [0.3, 0.4) is 0 Å². The molecule has 2 atom stereocenters. The summed E-state index contributed by atoms with van der Waals surface area (Å²) < 4.78 is 11.5. The maximum absolute atomic E-state index is 11.8. The van der Waals surface area contributed by atoms with Crippen LogP contribution in [0.25, 0.3) is 0 Å². The average molecular weight is 265 g/mol. The second-order valence-electron chi connectivity index (χ2n) is 3.97. The topological polar surface area (TPSA) is 77.8 Å². The van der Waals surface area contributed by atoms with E-state index in [1.54, 1.807) is 4.90 Å². The molecule has 102 valence electrons. The lowest BCUT2D eigenvalue weighted by Gasteiger charge is -2.21. The molecule has 0 aromatic carbocycles. The normalized spacial score (nSPS) is 14.4. The Kier molecular flexibility index (Phi) is 9.30. The highest BCUT2D eigenvalue weighted by molar-refractivity contribution is 7.85. The van der Waals surface area contributed by atoms with E-state index >= 15 is 0 Å². The second-order valence-corrected chi connectivity index (χ2v) is 5.47. The lowest BCUT2D eigenvalue weighted by molar-refractivity contribution is -0.128. The van der Waals surface area contributed by atoms with Gasteiger partial charge < -0.3 is 15.1 Å². The Labute approximate surface area is 105 Å². The van der Waals surface area contributed by atoms with E-state index in [2.05, 4.69) is 0 Å². The third kappa shape index (κ3) is 7.46. The lowest BCUT2D eigenvalue weighted by atomic mass is 10.3. The molecule has 0 aromatic rings. The average Bonchev–Trinajstić information content (AvgIpc) is 2.28. The minimum atomic E-state index is -1.41. The summed E-state index contributed by atoms with van der Waals surface area (Å²) in [6.45, 7) is 4.90. The number of hydrogen-bond acceptors (Lipinski definition) is 4. The number of carbonyl (C=O) groups is 1. The zero-order valence-electron chi connectivity index (χ0n) is 10.6. The van der Waals surface area contributed by atoms with Crippen LogP contribution in [0.1, 0.15) is 26.7 Å². The molecule has 0 radical (unpaired) electrons. The predicted octanol–water partition coefficient (Wildman–Crippen LogP) is -0.263. The Morgan fingerprint density at radius 1 is 1.29 bits per heavy atom. The van der Waals surface area contributed by atoms with Crippen molar-refractivity contribution in [2.45, 2.75) is 32.8 Å². The van der Waals surface area contributed by atoms with Gasteiger partial charge in [-0.1, -0.05) is 13.8 Å². The van der Waals surface area contributed by atoms with Crippen molar-refractivity contribution in [2.75, 3.05) is 31.2 Å². The maximum atomic E-state index is 11.8. The summed E-state index contributed by atoms with van der Waals surface area (Å²) in [6.07, 6.45) is 0.740. The van der Waals surface area contributed by atoms with Gasteiger partial charge in [0.2, 0.25) is 5.91 Å². The summed E-state index contributed by atoms with van der Waals surface area (Å²) in [7, 11) is -1.41. The number of nitrogens with zero attached hydrogens (tertiary/aromatic N) is 1. The first-order valence-electron chi connectivity index (χ1n) is 5.96. The zero-order valence-corrected chi connectivity index (χ0v) is 11.4. The zero-order chi connectivity index (χ0) is 13.3. The fourth-order valence-corrected chi connectivity index (χ4v) is 2.57. The summed E-state index contributed by atoms with van der Waals surface area (Å²) in [5, 5.41) is 17.7. The van der Waals surface area contributed by atoms with Gasteiger partial charge in [0.05, 0.1) is 18.5 Å². The summed E-state index contributed by atoms with van der Waals surface area (Å²) in [5.41, 5.74) is 0. The quantitative estimate of drug-likeness (QED) is 0.602. The molecule has 0 aliphatic heterocycles. The number of rotatable bonds is 9. The fourth-order valence-electron chi connectivity index (χ4n) is 1.46. The van der Waals surface area contributed by atoms with Crippen LogP contribution in [0.15, 0.2) is 0 Å². The first-order valence-corrected chi connectivity index (χ1v) is 7.45. The van der Waals surface area contributed by atoms with Gasteiger partial charge in [0.15, 0.2) is 0 Å². The molecule has 0 saturated carbocycles. The monoisotopic (exact) mass is 265 g/mol. The summed E-state index contributed by atoms with van der Waals surface area (Å²) >= 11 is 0. The molecule has 0 aliphatic carbocycles. The first kappa shape index (κ1) is 16.5. The number of amides is 1. The summed E-state index contributed by atoms with van der Waals surface area (Å²) in [5.74, 6) is -0.261. The molecule has 0 aliphatic rings. The van der Waals surface area contributed by atoms with E-state index in [4.69, 9.17) is 10.2 Å². The van der Waals surface area contributed by atoms with Gasteiger partial charge in [-0.05, 0) is 12.8 Å². The third-order valence-electron chi connectivity index (χ3n) is 2.21. The Morgan fingerprint density at radius 2 is 1.82 bits per heavy atom. The van der Waals surface area contributed by atoms with E-state index in [0.29, 0.717) is 13.1 Å². The molecular formula is C11H23NO4S. The van der Waals surface area contributed by atoms with Gasteiger partial charge in [0.1, 0.15) is 5.75 Å². The molecule has 6 heteroatoms. The van der Waals surface area contributed by atoms with Gasteiger partial charge in [0, 0.05) is 23.9 Å². The molecule has 0 bridgehead atoms. The SMILES string of the molecule is CCCN(CCC)C(=O)CS(=O)CC(O)CO. The number of aliphatic hydroxyl groups excluding tert-OH is 2. The highest BCUT2D eigenvalue weighted by Crippen LogP contribution is 1.98. The van der Waals surface area contributed by atoms with Crippen molar-refractivity contribution in [2.24, 2.45) is 0 Å². The van der Waals surface area contributed by atoms with Crippen molar-refractivity contribution >= 4 is 16.7 Å². The number of carbonyl (C=O) groups excluding carboxylic acids is 1. The van der Waals surface area contributed by atoms with Gasteiger partial charge in [-0.3, -0.25) is 9.00 Å². The van der Waals surface area contributed by atoms with Gasteiger partial charge >= 0.3 is 0 Å². The van der Waals surface area contributed by atoms with Crippen LogP contribution in [0.2, 0.25) is 0 Å². The van der Waals surface area contributed by atoms with Crippen molar-refractivity contribution in [3.63, 3.8) is 0 Å². The molecular weight excluding hydrogens is 242 g/mol. The van der Waals surface area contributed by atoms with E-state index < -0.39 is 23.5 Å². The van der Waals surface area contributed by atoms with Crippen molar-refractivity contribution in [3.8, 4) is 0 Å². The molecule has 2 unspecified atom stereocenters. The summed E-state index contributed by atoms with van der Waals surface area (Å²) in [4.78, 5) is 13.5. The van der Waals surface area contributed by atoms with E-state index in [9.17, 15) is 9.00 Å². The molecule has 0 fully saturated rings. The highest BCUT2D eigenvalue weighted by atomic mass is 32.2. The van der Waals surface area contributed by atoms with Crippen LogP contribution in [0, 0.1) is 0 Å². The number of aliphatic hydroxyl groups is 2. The highest BCUT2D eigenvalue weighted by Gasteiger charge is 2.17. The Hall–Kier alpha value is -0.460. The van der Waals surface area contributed by atoms with E-state index in [1.807, 2.05) is 13.8 Å². The largest absolute Gasteiger partial charge is 0.394 e. The van der Waals surface area contributed by atoms with Crippen molar-refractivity contribution in [1.82, 2.24) is 4.90 Å². The molecule has 2 N–H and O–H groups in total. The van der Waals surface area contributed by atoms with Gasteiger partial charge in [-0.2, -0.15) is 0 Å². The molecule has 0 rings (SSSR count). The van der Waals surface area contributed by atoms with Crippen LogP contribution in [0.5, 0.6) is 0 Å². The van der Waals surface area contributed by atoms with Crippen molar-refractivity contribution in [3.05, 3.63) is 0 Å². The molecule has 5 nitrogen and oxygen atoms in total. The van der Waals surface area contributed by atoms with E-state index in [-0.39, 0.29) is 17.4 Å². The molecule has 0 heterocycles. The Morgan fingerprint density at radius 3 is 2.24 bits per heavy atom. The number of hydrogen-bond donors (Lipinski definition) is 2. The van der Waals surface area contributed by atoms with Gasteiger partial charge in [0.25, 0.3) is 0 Å². The first-order chi connectivity index (χ1) is 8.04. The van der Waals surface area contributed by atoms with Gasteiger partial charge in [-0.25, -0.2) is 0 Å². The van der Waals surface area contributed by atoms with E-state index in [0.717, 1.165) is 12.8 Å². The molecule has 0 spiro atoms. The minimum Gasteiger partial charge on any atom is -0.394 e. The third-order valence-corrected chi connectivity index (χ3v) is 3.54. The summed E-state index contributed by atoms with van der Waals surface area (Å²) in [6, 6.07) is 0. The van der Waals surface area contributed by atoms with Crippen LogP contribution in [-0.2, 0) is 15.6 Å². The van der Waals surface area contributed by atoms with Crippen molar-refractivity contribution in [1.29, 1.82) is 0 Å². The van der Waals surface area contributed by atoms with E-state index in [1.165, 1.54) is 0 Å². The standard InChI is InChI=1S/C11H23NO4S/c1-3-5-12(6-4-2)11(15)9-17(16)8-10(14)7-13/h10,13-14H,3-9H2,1-2H3. The fraction of sp³-hybridized carbons (Fsp3) is 0.909. The predicted molar refractivity (Wildman–Crippen MR) is 68.1 cm³/mol. The van der Waals surface area contributed by atoms with Crippen LogP contribution < -0.4 is 0 Å². The maximum Gasteiger partial charge on any atom is 0.235 e. The molecule has 0 aromatic heterocycles. The van der Waals surface area contributed by atoms with Crippen molar-refractivity contribution < 1.29 is 19.2 Å². The van der Waals surface area contributed by atoms with Crippen LogP contribution in [0.4, 0.5) is 0 Å². The molecule has 17 heavy (non-hydrogen) atoms. The Balaban J connectivity index is 4.15. The van der Waals surface area contributed by atoms with Crippen LogP contribution >= 0.6 is 0 Å². The Bertz CT molecular complexity index is 242. The molecule has 1 amide bonds. The van der Waals surface area contributed by atoms with Gasteiger partial charge in [-0.15, -0.1) is 0 Å². The molecule has 0 saturated heterocycles.